The third-order valence-corrected chi connectivity index (χ3v) is 6.09. The minimum absolute atomic E-state index is 0.329. The second-order valence-corrected chi connectivity index (χ2v) is 8.03. The number of methoxy groups -OCH3 is 2. The summed E-state index contributed by atoms with van der Waals surface area (Å²) in [7, 11) is 3.01. The Balaban J connectivity index is 1.94. The monoisotopic (exact) mass is 431 g/mol. The molecule has 0 radical (unpaired) electrons. The number of fused-ring (bicyclic) bond motifs is 1. The van der Waals surface area contributed by atoms with Crippen molar-refractivity contribution in [3.05, 3.63) is 39.8 Å². The molecule has 1 aliphatic rings. The smallest absolute Gasteiger partial charge is 0.272 e. The van der Waals surface area contributed by atoms with Gasteiger partial charge in [-0.15, -0.1) is 11.3 Å². The number of amides is 3. The van der Waals surface area contributed by atoms with Crippen LogP contribution in [0.25, 0.3) is 0 Å². The molecule has 0 fully saturated rings. The Morgan fingerprint density at radius 3 is 2.43 bits per heavy atom. The van der Waals surface area contributed by atoms with Crippen molar-refractivity contribution in [1.82, 2.24) is 10.9 Å². The highest BCUT2D eigenvalue weighted by atomic mass is 32.1. The summed E-state index contributed by atoms with van der Waals surface area (Å²) in [6, 6.07) is 4.91. The molecule has 160 valence electrons. The van der Waals surface area contributed by atoms with Gasteiger partial charge in [0, 0.05) is 17.9 Å². The van der Waals surface area contributed by atoms with Crippen molar-refractivity contribution in [3.8, 4) is 11.5 Å². The van der Waals surface area contributed by atoms with Crippen LogP contribution in [0.1, 0.15) is 57.3 Å². The zero-order chi connectivity index (χ0) is 21.7. The van der Waals surface area contributed by atoms with E-state index in [-0.39, 0.29) is 11.8 Å². The molecule has 0 spiro atoms. The second kappa shape index (κ2) is 9.62. The number of carbonyl (C=O) groups excluding carboxylic acids is 3. The number of hydrogen-bond donors (Lipinski definition) is 3. The Bertz CT molecular complexity index is 970. The van der Waals surface area contributed by atoms with Gasteiger partial charge in [-0.1, -0.05) is 6.42 Å². The van der Waals surface area contributed by atoms with E-state index in [1.807, 2.05) is 0 Å². The third-order valence-electron chi connectivity index (χ3n) is 4.88. The molecule has 2 aromatic rings. The van der Waals surface area contributed by atoms with E-state index in [1.54, 1.807) is 18.2 Å². The summed E-state index contributed by atoms with van der Waals surface area (Å²) >= 11 is 1.41. The van der Waals surface area contributed by atoms with Gasteiger partial charge in [0.25, 0.3) is 11.8 Å². The fourth-order valence-corrected chi connectivity index (χ4v) is 4.72. The van der Waals surface area contributed by atoms with Crippen LogP contribution >= 0.6 is 11.3 Å². The summed E-state index contributed by atoms with van der Waals surface area (Å²) < 4.78 is 10.5. The lowest BCUT2D eigenvalue weighted by Crippen LogP contribution is -2.40. The maximum atomic E-state index is 13.0. The van der Waals surface area contributed by atoms with Crippen LogP contribution in [-0.2, 0) is 17.6 Å². The lowest BCUT2D eigenvalue weighted by Gasteiger charge is -2.12. The number of hydrazine groups is 1. The van der Waals surface area contributed by atoms with Gasteiger partial charge in [0.1, 0.15) is 16.5 Å². The van der Waals surface area contributed by atoms with Gasteiger partial charge in [0.15, 0.2) is 0 Å². The van der Waals surface area contributed by atoms with E-state index in [9.17, 15) is 14.4 Å². The number of nitrogens with one attached hydrogen (secondary N) is 3. The number of carbonyl (C=O) groups is 3. The minimum Gasteiger partial charge on any atom is -0.497 e. The molecule has 30 heavy (non-hydrogen) atoms. The molecular formula is C21H25N3O5S. The molecule has 0 saturated carbocycles. The highest BCUT2D eigenvalue weighted by molar-refractivity contribution is 7.17. The number of rotatable bonds is 5. The molecule has 1 aromatic heterocycles. The number of anilines is 1. The molecule has 1 aliphatic carbocycles. The van der Waals surface area contributed by atoms with E-state index in [1.165, 1.54) is 32.5 Å². The second-order valence-electron chi connectivity index (χ2n) is 6.92. The summed E-state index contributed by atoms with van der Waals surface area (Å²) in [5, 5.41) is 3.34. The number of thiophene rings is 1. The van der Waals surface area contributed by atoms with Crippen LogP contribution < -0.4 is 25.6 Å². The lowest BCUT2D eigenvalue weighted by atomic mass is 10.0. The zero-order valence-corrected chi connectivity index (χ0v) is 18.0. The fraction of sp³-hybridized carbons (Fsp3) is 0.381. The molecule has 9 heteroatoms. The summed E-state index contributed by atoms with van der Waals surface area (Å²) in [6.07, 6.45) is 4.74. The highest BCUT2D eigenvalue weighted by Gasteiger charge is 2.26. The van der Waals surface area contributed by atoms with Gasteiger partial charge in [-0.25, -0.2) is 0 Å². The lowest BCUT2D eigenvalue weighted by molar-refractivity contribution is -0.119. The molecule has 0 atom stereocenters. The van der Waals surface area contributed by atoms with Crippen molar-refractivity contribution in [2.24, 2.45) is 0 Å². The van der Waals surface area contributed by atoms with Crippen LogP contribution in [0.5, 0.6) is 11.5 Å². The van der Waals surface area contributed by atoms with Crippen molar-refractivity contribution in [2.45, 2.75) is 39.0 Å². The van der Waals surface area contributed by atoms with E-state index in [0.29, 0.717) is 27.6 Å². The quantitative estimate of drug-likeness (QED) is 0.498. The normalized spacial score (nSPS) is 12.9. The van der Waals surface area contributed by atoms with Crippen LogP contribution in [0, 0.1) is 0 Å². The maximum Gasteiger partial charge on any atom is 0.272 e. The first-order chi connectivity index (χ1) is 14.4. The molecule has 0 unspecified atom stereocenters. The predicted octanol–water partition coefficient (Wildman–Crippen LogP) is 3.07. The van der Waals surface area contributed by atoms with Gasteiger partial charge in [0.05, 0.1) is 25.3 Å². The fourth-order valence-electron chi connectivity index (χ4n) is 3.43. The first-order valence-corrected chi connectivity index (χ1v) is 10.5. The number of hydrogen-bond acceptors (Lipinski definition) is 6. The molecule has 0 aliphatic heterocycles. The van der Waals surface area contributed by atoms with Crippen LogP contribution in [0.2, 0.25) is 0 Å². The topological polar surface area (TPSA) is 106 Å². The highest BCUT2D eigenvalue weighted by Crippen LogP contribution is 2.38. The molecule has 3 amide bonds. The van der Waals surface area contributed by atoms with Crippen LogP contribution in [-0.4, -0.2) is 31.9 Å². The van der Waals surface area contributed by atoms with Gasteiger partial charge in [0.2, 0.25) is 5.91 Å². The average molecular weight is 432 g/mol. The number of aryl methyl sites for hydroxylation is 1. The Kier molecular flexibility index (Phi) is 6.94. The van der Waals surface area contributed by atoms with Gasteiger partial charge in [-0.2, -0.15) is 0 Å². The van der Waals surface area contributed by atoms with Gasteiger partial charge >= 0.3 is 0 Å². The molecule has 3 rings (SSSR count). The van der Waals surface area contributed by atoms with Crippen molar-refractivity contribution < 1.29 is 23.9 Å². The summed E-state index contributed by atoms with van der Waals surface area (Å²) in [6.45, 7) is 1.31. The largest absolute Gasteiger partial charge is 0.497 e. The molecule has 0 bridgehead atoms. The van der Waals surface area contributed by atoms with Crippen molar-refractivity contribution in [3.63, 3.8) is 0 Å². The first kappa shape index (κ1) is 21.6. The molecule has 1 heterocycles. The molecule has 0 saturated heterocycles. The maximum absolute atomic E-state index is 13.0. The van der Waals surface area contributed by atoms with Crippen LogP contribution in [0.15, 0.2) is 18.2 Å². The van der Waals surface area contributed by atoms with E-state index >= 15 is 0 Å². The Morgan fingerprint density at radius 1 is 0.967 bits per heavy atom. The number of ether oxygens (including phenoxy) is 2. The molecular weight excluding hydrogens is 406 g/mol. The predicted molar refractivity (Wildman–Crippen MR) is 114 cm³/mol. The Hall–Kier alpha value is -3.07. The van der Waals surface area contributed by atoms with E-state index in [2.05, 4.69) is 16.2 Å². The molecule has 1 aromatic carbocycles. The van der Waals surface area contributed by atoms with Crippen molar-refractivity contribution in [2.75, 3.05) is 19.5 Å². The molecule has 3 N–H and O–H groups in total. The summed E-state index contributed by atoms with van der Waals surface area (Å²) in [4.78, 5) is 38.1. The van der Waals surface area contributed by atoms with Gasteiger partial charge in [-0.3, -0.25) is 25.2 Å². The van der Waals surface area contributed by atoms with E-state index in [4.69, 9.17) is 9.47 Å². The summed E-state index contributed by atoms with van der Waals surface area (Å²) in [5.41, 5.74) is 6.42. The first-order valence-electron chi connectivity index (χ1n) is 9.69. The van der Waals surface area contributed by atoms with Crippen molar-refractivity contribution in [1.29, 1.82) is 0 Å². The Morgan fingerprint density at radius 2 is 1.73 bits per heavy atom. The SMILES string of the molecule is COc1ccc(C(=O)Nc2sc3c(c2C(=O)NNC(C)=O)CCCCC3)c(OC)c1. The zero-order valence-electron chi connectivity index (χ0n) is 17.2. The third kappa shape index (κ3) is 4.73. The van der Waals surface area contributed by atoms with E-state index < -0.39 is 5.91 Å². The van der Waals surface area contributed by atoms with E-state index in [0.717, 1.165) is 42.5 Å². The number of benzene rings is 1. The standard InChI is InChI=1S/C21H25N3O5S/c1-12(25)23-24-20(27)18-15-7-5-4-6-8-17(15)30-21(18)22-19(26)14-10-9-13(28-2)11-16(14)29-3/h9-11H,4-8H2,1-3H3,(H,22,26)(H,23,25)(H,24,27). The van der Waals surface area contributed by atoms with Gasteiger partial charge in [-0.05, 0) is 43.4 Å². The summed E-state index contributed by atoms with van der Waals surface area (Å²) in [5.74, 6) is -0.268. The van der Waals surface area contributed by atoms with Crippen LogP contribution in [0.4, 0.5) is 5.00 Å². The molecule has 8 nitrogen and oxygen atoms in total. The van der Waals surface area contributed by atoms with Crippen LogP contribution in [0.3, 0.4) is 0 Å². The minimum atomic E-state index is -0.443. The average Bonchev–Trinajstić information content (AvgIpc) is 2.91. The van der Waals surface area contributed by atoms with Gasteiger partial charge < -0.3 is 14.8 Å². The Labute approximate surface area is 178 Å². The van der Waals surface area contributed by atoms with Crippen molar-refractivity contribution >= 4 is 34.1 Å².